The van der Waals surface area contributed by atoms with Crippen LogP contribution in [0, 0.1) is 0 Å². The summed E-state index contributed by atoms with van der Waals surface area (Å²) in [6, 6.07) is 7.74. The van der Waals surface area contributed by atoms with Crippen molar-refractivity contribution in [3.8, 4) is 0 Å². The predicted molar refractivity (Wildman–Crippen MR) is 65.5 cm³/mol. The van der Waals surface area contributed by atoms with Crippen molar-refractivity contribution in [3.05, 3.63) is 24.3 Å². The molecule has 0 aliphatic heterocycles. The van der Waals surface area contributed by atoms with Gasteiger partial charge in [-0.1, -0.05) is 6.07 Å². The van der Waals surface area contributed by atoms with Crippen LogP contribution < -0.4 is 10.6 Å². The van der Waals surface area contributed by atoms with Crippen molar-refractivity contribution in [1.29, 1.82) is 0 Å². The minimum absolute atomic E-state index is 0.147. The van der Waals surface area contributed by atoms with Gasteiger partial charge in [0.15, 0.2) is 0 Å². The quantitative estimate of drug-likeness (QED) is 0.775. The predicted octanol–water partition coefficient (Wildman–Crippen LogP) is 2.94. The van der Waals surface area contributed by atoms with Crippen LogP contribution in [0.2, 0.25) is 0 Å². The molecule has 2 N–H and O–H groups in total. The van der Waals surface area contributed by atoms with Gasteiger partial charge in [0.1, 0.15) is 0 Å². The van der Waals surface area contributed by atoms with Gasteiger partial charge in [0.2, 0.25) is 0 Å². The summed E-state index contributed by atoms with van der Waals surface area (Å²) in [5.74, 6) is 0. The SMILES string of the molecule is CSc1cccc(NC(=O)NC(C)C)c1. The highest BCUT2D eigenvalue weighted by Gasteiger charge is 2.03. The van der Waals surface area contributed by atoms with Crippen LogP contribution in [0.25, 0.3) is 0 Å². The average molecular weight is 224 g/mol. The third-order valence-electron chi connectivity index (χ3n) is 1.75. The molecular weight excluding hydrogens is 208 g/mol. The monoisotopic (exact) mass is 224 g/mol. The molecule has 1 aromatic rings. The van der Waals surface area contributed by atoms with Crippen LogP contribution >= 0.6 is 11.8 Å². The summed E-state index contributed by atoms with van der Waals surface area (Å²) < 4.78 is 0. The molecule has 4 heteroatoms. The molecule has 2 amide bonds. The second-order valence-electron chi connectivity index (χ2n) is 3.49. The maximum Gasteiger partial charge on any atom is 0.319 e. The number of carbonyl (C=O) groups excluding carboxylic acids is 1. The molecule has 82 valence electrons. The maximum atomic E-state index is 11.4. The van der Waals surface area contributed by atoms with Crippen LogP contribution in [0.3, 0.4) is 0 Å². The van der Waals surface area contributed by atoms with Gasteiger partial charge in [0, 0.05) is 16.6 Å². The third kappa shape index (κ3) is 4.25. The summed E-state index contributed by atoms with van der Waals surface area (Å²) in [6.07, 6.45) is 2.01. The fourth-order valence-corrected chi connectivity index (χ4v) is 1.59. The highest BCUT2D eigenvalue weighted by atomic mass is 32.2. The molecule has 3 nitrogen and oxygen atoms in total. The first kappa shape index (κ1) is 11.9. The largest absolute Gasteiger partial charge is 0.336 e. The molecule has 0 aliphatic carbocycles. The number of thioether (sulfide) groups is 1. The summed E-state index contributed by atoms with van der Waals surface area (Å²) in [4.78, 5) is 12.5. The summed E-state index contributed by atoms with van der Waals surface area (Å²) in [6.45, 7) is 3.86. The topological polar surface area (TPSA) is 41.1 Å². The van der Waals surface area contributed by atoms with Crippen molar-refractivity contribution >= 4 is 23.5 Å². The Morgan fingerprint density at radius 2 is 2.13 bits per heavy atom. The smallest absolute Gasteiger partial charge is 0.319 e. The van der Waals surface area contributed by atoms with Gasteiger partial charge in [0.05, 0.1) is 0 Å². The summed E-state index contributed by atoms with van der Waals surface area (Å²) >= 11 is 1.65. The van der Waals surface area contributed by atoms with Crippen molar-refractivity contribution < 1.29 is 4.79 Å². The molecule has 0 fully saturated rings. The van der Waals surface area contributed by atoms with Gasteiger partial charge in [-0.2, -0.15) is 0 Å². The Balaban J connectivity index is 2.60. The molecule has 0 aromatic heterocycles. The Morgan fingerprint density at radius 3 is 2.73 bits per heavy atom. The molecule has 1 aromatic carbocycles. The summed E-state index contributed by atoms with van der Waals surface area (Å²) in [5, 5.41) is 5.56. The Labute approximate surface area is 94.6 Å². The standard InChI is InChI=1S/C11H16N2OS/c1-8(2)12-11(14)13-9-5-4-6-10(7-9)15-3/h4-8H,1-3H3,(H2,12,13,14). The number of hydrogen-bond donors (Lipinski definition) is 2. The third-order valence-corrected chi connectivity index (χ3v) is 2.47. The lowest BCUT2D eigenvalue weighted by atomic mass is 10.3. The van der Waals surface area contributed by atoms with Gasteiger partial charge in [-0.15, -0.1) is 11.8 Å². The van der Waals surface area contributed by atoms with E-state index in [9.17, 15) is 4.79 Å². The van der Waals surface area contributed by atoms with Crippen molar-refractivity contribution in [2.45, 2.75) is 24.8 Å². The van der Waals surface area contributed by atoms with E-state index in [-0.39, 0.29) is 12.1 Å². The van der Waals surface area contributed by atoms with E-state index in [1.165, 1.54) is 0 Å². The highest BCUT2D eigenvalue weighted by Crippen LogP contribution is 2.18. The van der Waals surface area contributed by atoms with E-state index in [0.717, 1.165) is 10.6 Å². The van der Waals surface area contributed by atoms with Crippen molar-refractivity contribution in [2.75, 3.05) is 11.6 Å². The number of rotatable bonds is 3. The summed E-state index contributed by atoms with van der Waals surface area (Å²) in [5.41, 5.74) is 0.819. The molecule has 0 saturated carbocycles. The van der Waals surface area contributed by atoms with Crippen molar-refractivity contribution in [2.24, 2.45) is 0 Å². The van der Waals surface area contributed by atoms with Crippen molar-refractivity contribution in [3.63, 3.8) is 0 Å². The molecule has 0 saturated heterocycles. The molecule has 0 aliphatic rings. The number of urea groups is 1. The molecular formula is C11H16N2OS. The van der Waals surface area contributed by atoms with Gasteiger partial charge in [-0.25, -0.2) is 4.79 Å². The number of hydrogen-bond acceptors (Lipinski definition) is 2. The van der Waals surface area contributed by atoms with E-state index in [2.05, 4.69) is 10.6 Å². The Kier molecular flexibility index (Phi) is 4.49. The zero-order valence-electron chi connectivity index (χ0n) is 9.20. The van der Waals surface area contributed by atoms with Crippen LogP contribution in [-0.4, -0.2) is 18.3 Å². The van der Waals surface area contributed by atoms with E-state index in [4.69, 9.17) is 0 Å². The van der Waals surface area contributed by atoms with Gasteiger partial charge in [-0.05, 0) is 38.3 Å². The first-order chi connectivity index (χ1) is 7.11. The molecule has 0 heterocycles. The minimum Gasteiger partial charge on any atom is -0.336 e. The van der Waals surface area contributed by atoms with Gasteiger partial charge >= 0.3 is 6.03 Å². The Hall–Kier alpha value is -1.16. The lowest BCUT2D eigenvalue weighted by Crippen LogP contribution is -2.34. The molecule has 1 rings (SSSR count). The molecule has 0 atom stereocenters. The Morgan fingerprint density at radius 1 is 1.40 bits per heavy atom. The van der Waals surface area contributed by atoms with Crippen LogP contribution in [0.4, 0.5) is 10.5 Å². The first-order valence-electron chi connectivity index (χ1n) is 4.83. The van der Waals surface area contributed by atoms with E-state index in [1.54, 1.807) is 11.8 Å². The van der Waals surface area contributed by atoms with Crippen LogP contribution in [0.15, 0.2) is 29.2 Å². The fraction of sp³-hybridized carbons (Fsp3) is 0.364. The number of benzene rings is 1. The van der Waals surface area contributed by atoms with E-state index in [0.29, 0.717) is 0 Å². The second kappa shape index (κ2) is 5.66. The fourth-order valence-electron chi connectivity index (χ4n) is 1.13. The molecule has 0 bridgehead atoms. The molecule has 0 unspecified atom stereocenters. The van der Waals surface area contributed by atoms with Crippen LogP contribution in [0.5, 0.6) is 0 Å². The zero-order valence-corrected chi connectivity index (χ0v) is 10.0. The second-order valence-corrected chi connectivity index (χ2v) is 4.36. The number of amides is 2. The number of carbonyl (C=O) groups is 1. The minimum atomic E-state index is -0.164. The normalized spacial score (nSPS) is 10.1. The van der Waals surface area contributed by atoms with E-state index < -0.39 is 0 Å². The summed E-state index contributed by atoms with van der Waals surface area (Å²) in [7, 11) is 0. The zero-order chi connectivity index (χ0) is 11.3. The number of nitrogens with one attached hydrogen (secondary N) is 2. The Bertz CT molecular complexity index is 339. The van der Waals surface area contributed by atoms with E-state index >= 15 is 0 Å². The average Bonchev–Trinajstić information content (AvgIpc) is 2.16. The first-order valence-corrected chi connectivity index (χ1v) is 6.06. The van der Waals surface area contributed by atoms with Crippen LogP contribution in [0.1, 0.15) is 13.8 Å². The number of anilines is 1. The lowest BCUT2D eigenvalue weighted by Gasteiger charge is -2.10. The van der Waals surface area contributed by atoms with Gasteiger partial charge in [-0.3, -0.25) is 0 Å². The van der Waals surface area contributed by atoms with Gasteiger partial charge < -0.3 is 10.6 Å². The molecule has 15 heavy (non-hydrogen) atoms. The molecule has 0 spiro atoms. The highest BCUT2D eigenvalue weighted by molar-refractivity contribution is 7.98. The maximum absolute atomic E-state index is 11.4. The van der Waals surface area contributed by atoms with Crippen molar-refractivity contribution in [1.82, 2.24) is 5.32 Å². The lowest BCUT2D eigenvalue weighted by molar-refractivity contribution is 0.250. The van der Waals surface area contributed by atoms with Gasteiger partial charge in [0.25, 0.3) is 0 Å². The van der Waals surface area contributed by atoms with E-state index in [1.807, 2.05) is 44.4 Å². The van der Waals surface area contributed by atoms with Crippen LogP contribution in [-0.2, 0) is 0 Å². The molecule has 0 radical (unpaired) electrons.